The number of ketones is 1. The molecule has 3 aromatic rings. The monoisotopic (exact) mass is 392 g/mol. The Hall–Kier alpha value is -3.24. The summed E-state index contributed by atoms with van der Waals surface area (Å²) in [6.07, 6.45) is 1.68. The Kier molecular flexibility index (Phi) is 5.04. The van der Waals surface area contributed by atoms with Crippen molar-refractivity contribution in [3.05, 3.63) is 94.2 Å². The van der Waals surface area contributed by atoms with Crippen LogP contribution in [0.5, 0.6) is 17.2 Å². The van der Waals surface area contributed by atoms with Gasteiger partial charge < -0.3 is 14.2 Å². The number of allylic oxidation sites excluding steroid dienone is 1. The first-order chi connectivity index (χ1) is 13.6. The summed E-state index contributed by atoms with van der Waals surface area (Å²) in [5.41, 5.74) is 2.25. The molecular weight excluding hydrogens is 376 g/mol. The van der Waals surface area contributed by atoms with E-state index >= 15 is 0 Å². The molecule has 0 saturated heterocycles. The number of ether oxygens (including phenoxy) is 3. The fourth-order valence-corrected chi connectivity index (χ4v) is 3.19. The van der Waals surface area contributed by atoms with E-state index in [9.17, 15) is 4.79 Å². The lowest BCUT2D eigenvalue weighted by atomic mass is 10.1. The molecule has 4 rings (SSSR count). The molecule has 0 amide bonds. The maximum Gasteiger partial charge on any atom is 0.231 e. The molecule has 0 atom stereocenters. The van der Waals surface area contributed by atoms with Gasteiger partial charge in [-0.05, 0) is 42.0 Å². The highest BCUT2D eigenvalue weighted by Gasteiger charge is 2.27. The Morgan fingerprint density at radius 1 is 1.04 bits per heavy atom. The second-order valence-corrected chi connectivity index (χ2v) is 6.69. The van der Waals surface area contributed by atoms with Crippen LogP contribution in [0.4, 0.5) is 0 Å². The number of carbonyl (C=O) groups is 1. The van der Waals surface area contributed by atoms with Gasteiger partial charge in [0.05, 0.1) is 12.7 Å². The highest BCUT2D eigenvalue weighted by Crippen LogP contribution is 2.35. The van der Waals surface area contributed by atoms with Crippen molar-refractivity contribution in [2.75, 3.05) is 7.11 Å². The van der Waals surface area contributed by atoms with Crippen LogP contribution in [0.25, 0.3) is 6.08 Å². The lowest BCUT2D eigenvalue weighted by molar-refractivity contribution is 0.101. The summed E-state index contributed by atoms with van der Waals surface area (Å²) in [5, 5.41) is 0.601. The number of hydrogen-bond acceptors (Lipinski definition) is 4. The molecule has 1 aliphatic heterocycles. The zero-order valence-electron chi connectivity index (χ0n) is 15.1. The van der Waals surface area contributed by atoms with Crippen LogP contribution in [0, 0.1) is 0 Å². The molecule has 4 nitrogen and oxygen atoms in total. The number of fused-ring (bicyclic) bond motifs is 1. The molecule has 0 aliphatic carbocycles. The zero-order valence-corrected chi connectivity index (χ0v) is 15.9. The lowest BCUT2D eigenvalue weighted by Gasteiger charge is -2.10. The summed E-state index contributed by atoms with van der Waals surface area (Å²) in [5.74, 6) is 1.96. The van der Waals surface area contributed by atoms with E-state index in [1.54, 1.807) is 43.5 Å². The molecular formula is C23H17ClO4. The third kappa shape index (κ3) is 3.73. The number of halogens is 1. The maximum absolute atomic E-state index is 12.6. The average Bonchev–Trinajstić information content (AvgIpc) is 3.01. The van der Waals surface area contributed by atoms with Gasteiger partial charge in [0, 0.05) is 16.7 Å². The van der Waals surface area contributed by atoms with E-state index in [1.807, 2.05) is 36.4 Å². The third-order valence-corrected chi connectivity index (χ3v) is 4.61. The largest absolute Gasteiger partial charge is 0.496 e. The van der Waals surface area contributed by atoms with E-state index < -0.39 is 0 Å². The first-order valence-electron chi connectivity index (χ1n) is 8.72. The normalized spacial score (nSPS) is 13.9. The van der Waals surface area contributed by atoms with Gasteiger partial charge in [-0.15, -0.1) is 0 Å². The molecule has 0 fully saturated rings. The number of benzene rings is 3. The standard InChI is InChI=1S/C23H17ClO4/c1-26-20-8-3-2-6-16(20)14-27-18-9-10-19-21(13-18)28-22(23(19)25)12-15-5-4-7-17(24)11-15/h2-13H,14H2,1H3/b22-12-. The molecule has 0 saturated carbocycles. The Morgan fingerprint density at radius 2 is 1.89 bits per heavy atom. The Bertz CT molecular complexity index is 1070. The fraction of sp³-hybridized carbons (Fsp3) is 0.0870. The SMILES string of the molecule is COc1ccccc1COc1ccc2c(c1)O/C(=C\c1cccc(Cl)c1)C2=O. The molecule has 5 heteroatoms. The molecule has 28 heavy (non-hydrogen) atoms. The predicted octanol–water partition coefficient (Wildman–Crippen LogP) is 5.54. The average molecular weight is 393 g/mol. The topological polar surface area (TPSA) is 44.8 Å². The van der Waals surface area contributed by atoms with Gasteiger partial charge in [-0.25, -0.2) is 0 Å². The van der Waals surface area contributed by atoms with Crippen LogP contribution >= 0.6 is 11.6 Å². The van der Waals surface area contributed by atoms with Crippen LogP contribution in [0.2, 0.25) is 5.02 Å². The van der Waals surface area contributed by atoms with Gasteiger partial charge in [-0.3, -0.25) is 4.79 Å². The summed E-state index contributed by atoms with van der Waals surface area (Å²) in [6, 6.07) is 20.1. The van der Waals surface area contributed by atoms with Gasteiger partial charge in [0.1, 0.15) is 23.9 Å². The molecule has 1 aliphatic rings. The summed E-state index contributed by atoms with van der Waals surface area (Å²) in [4.78, 5) is 12.6. The second-order valence-electron chi connectivity index (χ2n) is 6.25. The van der Waals surface area contributed by atoms with Crippen molar-refractivity contribution < 1.29 is 19.0 Å². The second kappa shape index (κ2) is 7.79. The van der Waals surface area contributed by atoms with Crippen LogP contribution in [0.3, 0.4) is 0 Å². The highest BCUT2D eigenvalue weighted by molar-refractivity contribution is 6.30. The quantitative estimate of drug-likeness (QED) is 0.534. The van der Waals surface area contributed by atoms with E-state index in [4.69, 9.17) is 25.8 Å². The summed E-state index contributed by atoms with van der Waals surface area (Å²) in [6.45, 7) is 0.349. The van der Waals surface area contributed by atoms with E-state index in [0.717, 1.165) is 16.9 Å². The molecule has 0 unspecified atom stereocenters. The van der Waals surface area contributed by atoms with Crippen LogP contribution in [0.15, 0.2) is 72.5 Å². The molecule has 0 N–H and O–H groups in total. The maximum atomic E-state index is 12.6. The minimum absolute atomic E-state index is 0.161. The highest BCUT2D eigenvalue weighted by atomic mass is 35.5. The van der Waals surface area contributed by atoms with Gasteiger partial charge >= 0.3 is 0 Å². The number of Topliss-reactive ketones (excluding diaryl/α,β-unsaturated/α-hetero) is 1. The van der Waals surface area contributed by atoms with Crippen LogP contribution in [0.1, 0.15) is 21.5 Å². The minimum Gasteiger partial charge on any atom is -0.496 e. The molecule has 0 spiro atoms. The van der Waals surface area contributed by atoms with Gasteiger partial charge in [0.25, 0.3) is 0 Å². The van der Waals surface area contributed by atoms with Gasteiger partial charge in [-0.2, -0.15) is 0 Å². The van der Waals surface area contributed by atoms with Gasteiger partial charge in [0.15, 0.2) is 5.76 Å². The number of para-hydroxylation sites is 1. The number of carbonyl (C=O) groups excluding carboxylic acids is 1. The first-order valence-corrected chi connectivity index (χ1v) is 9.10. The molecule has 0 radical (unpaired) electrons. The van der Waals surface area contributed by atoms with Crippen LogP contribution in [-0.2, 0) is 6.61 Å². The lowest BCUT2D eigenvalue weighted by Crippen LogP contribution is -1.99. The predicted molar refractivity (Wildman–Crippen MR) is 108 cm³/mol. The van der Waals surface area contributed by atoms with E-state index in [2.05, 4.69) is 0 Å². The van der Waals surface area contributed by atoms with Crippen molar-refractivity contribution in [1.29, 1.82) is 0 Å². The molecule has 0 bridgehead atoms. The molecule has 3 aromatic carbocycles. The first kappa shape index (κ1) is 18.1. The van der Waals surface area contributed by atoms with E-state index in [0.29, 0.717) is 28.7 Å². The summed E-state index contributed by atoms with van der Waals surface area (Å²) in [7, 11) is 1.63. The van der Waals surface area contributed by atoms with Crippen molar-refractivity contribution >= 4 is 23.5 Å². The Morgan fingerprint density at radius 3 is 2.71 bits per heavy atom. The van der Waals surface area contributed by atoms with E-state index in [1.165, 1.54) is 0 Å². The molecule has 1 heterocycles. The van der Waals surface area contributed by atoms with E-state index in [-0.39, 0.29) is 11.5 Å². The van der Waals surface area contributed by atoms with Crippen molar-refractivity contribution in [2.45, 2.75) is 6.61 Å². The zero-order chi connectivity index (χ0) is 19.5. The van der Waals surface area contributed by atoms with Gasteiger partial charge in [0.2, 0.25) is 5.78 Å². The van der Waals surface area contributed by atoms with Crippen molar-refractivity contribution in [1.82, 2.24) is 0 Å². The summed E-state index contributed by atoms with van der Waals surface area (Å²) >= 11 is 6.00. The Balaban J connectivity index is 1.52. The third-order valence-electron chi connectivity index (χ3n) is 4.37. The smallest absolute Gasteiger partial charge is 0.231 e. The Labute approximate surface area is 167 Å². The number of hydrogen-bond donors (Lipinski definition) is 0. The van der Waals surface area contributed by atoms with Crippen LogP contribution < -0.4 is 14.2 Å². The van der Waals surface area contributed by atoms with Crippen molar-refractivity contribution in [2.24, 2.45) is 0 Å². The fourth-order valence-electron chi connectivity index (χ4n) is 2.99. The molecule has 0 aromatic heterocycles. The molecule has 140 valence electrons. The number of rotatable bonds is 5. The van der Waals surface area contributed by atoms with Gasteiger partial charge in [-0.1, -0.05) is 41.9 Å². The summed E-state index contributed by atoms with van der Waals surface area (Å²) < 4.78 is 17.0. The minimum atomic E-state index is -0.161. The number of methoxy groups -OCH3 is 1. The van der Waals surface area contributed by atoms with Crippen molar-refractivity contribution in [3.8, 4) is 17.2 Å². The van der Waals surface area contributed by atoms with Crippen LogP contribution in [-0.4, -0.2) is 12.9 Å². The van der Waals surface area contributed by atoms with Crippen molar-refractivity contribution in [3.63, 3.8) is 0 Å².